The van der Waals surface area contributed by atoms with Crippen molar-refractivity contribution in [2.45, 2.75) is 18.9 Å². The molecule has 1 aromatic carbocycles. The van der Waals surface area contributed by atoms with Crippen molar-refractivity contribution in [3.8, 4) is 0 Å². The largest absolute Gasteiger partial charge is 0.388 e. The zero-order chi connectivity index (χ0) is 12.1. The van der Waals surface area contributed by atoms with Crippen molar-refractivity contribution < 1.29 is 4.74 Å². The van der Waals surface area contributed by atoms with Gasteiger partial charge in [-0.1, -0.05) is 0 Å². The molecule has 0 unspecified atom stereocenters. The third-order valence-corrected chi connectivity index (χ3v) is 3.07. The van der Waals surface area contributed by atoms with Crippen LogP contribution in [-0.2, 0) is 4.74 Å². The SMILES string of the molecule is CNc1ccc(NC2CCOCC2)cc1C=N. The lowest BCUT2D eigenvalue weighted by Crippen LogP contribution is -2.27. The summed E-state index contributed by atoms with van der Waals surface area (Å²) in [6.07, 6.45) is 3.47. The van der Waals surface area contributed by atoms with E-state index < -0.39 is 0 Å². The molecule has 1 fully saturated rings. The summed E-state index contributed by atoms with van der Waals surface area (Å²) < 4.78 is 5.33. The highest BCUT2D eigenvalue weighted by Crippen LogP contribution is 2.21. The Morgan fingerprint density at radius 2 is 2.12 bits per heavy atom. The molecule has 1 heterocycles. The Labute approximate surface area is 102 Å². The van der Waals surface area contributed by atoms with Crippen LogP contribution in [0.15, 0.2) is 18.2 Å². The van der Waals surface area contributed by atoms with Gasteiger partial charge in [-0.2, -0.15) is 0 Å². The van der Waals surface area contributed by atoms with Gasteiger partial charge in [-0.25, -0.2) is 0 Å². The van der Waals surface area contributed by atoms with E-state index in [1.807, 2.05) is 25.2 Å². The molecule has 0 atom stereocenters. The molecule has 2 rings (SSSR count). The molecule has 17 heavy (non-hydrogen) atoms. The molecule has 1 aliphatic heterocycles. The van der Waals surface area contributed by atoms with E-state index in [2.05, 4.69) is 10.6 Å². The first-order valence-electron chi connectivity index (χ1n) is 6.00. The first-order chi connectivity index (χ1) is 8.33. The second kappa shape index (κ2) is 5.68. The summed E-state index contributed by atoms with van der Waals surface area (Å²) in [6.45, 7) is 1.67. The zero-order valence-corrected chi connectivity index (χ0v) is 10.1. The molecule has 0 aliphatic carbocycles. The summed E-state index contributed by atoms with van der Waals surface area (Å²) in [6, 6.07) is 6.55. The van der Waals surface area contributed by atoms with E-state index in [1.165, 1.54) is 6.21 Å². The second-order valence-electron chi connectivity index (χ2n) is 4.23. The fraction of sp³-hybridized carbons (Fsp3) is 0.462. The third-order valence-electron chi connectivity index (χ3n) is 3.07. The van der Waals surface area contributed by atoms with Gasteiger partial charge < -0.3 is 20.8 Å². The molecule has 0 saturated carbocycles. The molecule has 4 nitrogen and oxygen atoms in total. The van der Waals surface area contributed by atoms with Crippen molar-refractivity contribution in [2.75, 3.05) is 30.9 Å². The molecule has 1 aromatic rings. The minimum absolute atomic E-state index is 0.489. The number of anilines is 2. The summed E-state index contributed by atoms with van der Waals surface area (Å²) in [5.41, 5.74) is 2.97. The maximum Gasteiger partial charge on any atom is 0.0485 e. The maximum absolute atomic E-state index is 7.39. The third kappa shape index (κ3) is 2.97. The number of hydrogen-bond acceptors (Lipinski definition) is 4. The Balaban J connectivity index is 2.07. The molecule has 0 spiro atoms. The average Bonchev–Trinajstić information content (AvgIpc) is 2.40. The molecule has 0 bridgehead atoms. The highest BCUT2D eigenvalue weighted by molar-refractivity contribution is 5.87. The van der Waals surface area contributed by atoms with Crippen molar-refractivity contribution >= 4 is 17.6 Å². The van der Waals surface area contributed by atoms with Crippen LogP contribution in [0.4, 0.5) is 11.4 Å². The fourth-order valence-corrected chi connectivity index (χ4v) is 2.08. The lowest BCUT2D eigenvalue weighted by molar-refractivity contribution is 0.0904. The number of ether oxygens (including phenoxy) is 1. The van der Waals surface area contributed by atoms with Gasteiger partial charge in [0.15, 0.2) is 0 Å². The monoisotopic (exact) mass is 233 g/mol. The Bertz CT molecular complexity index is 386. The van der Waals surface area contributed by atoms with Crippen molar-refractivity contribution in [1.82, 2.24) is 0 Å². The molecule has 3 N–H and O–H groups in total. The predicted molar refractivity (Wildman–Crippen MR) is 71.3 cm³/mol. The number of benzene rings is 1. The van der Waals surface area contributed by atoms with Crippen molar-refractivity contribution in [3.63, 3.8) is 0 Å². The van der Waals surface area contributed by atoms with Gasteiger partial charge in [-0.15, -0.1) is 0 Å². The van der Waals surface area contributed by atoms with Crippen LogP contribution in [0, 0.1) is 5.41 Å². The predicted octanol–water partition coefficient (Wildman–Crippen LogP) is 2.32. The first-order valence-corrected chi connectivity index (χ1v) is 6.00. The standard InChI is InChI=1S/C13H19N3O/c1-15-13-3-2-12(8-10(13)9-14)16-11-4-6-17-7-5-11/h2-3,8-9,11,14-16H,4-7H2,1H3. The van der Waals surface area contributed by atoms with Crippen molar-refractivity contribution in [2.24, 2.45) is 0 Å². The normalized spacial score (nSPS) is 16.5. The lowest BCUT2D eigenvalue weighted by atomic mass is 10.1. The topological polar surface area (TPSA) is 57.1 Å². The van der Waals surface area contributed by atoms with Crippen LogP contribution in [0.25, 0.3) is 0 Å². The van der Waals surface area contributed by atoms with Crippen LogP contribution in [0.3, 0.4) is 0 Å². The summed E-state index contributed by atoms with van der Waals surface area (Å²) in [5.74, 6) is 0. The molecule has 0 radical (unpaired) electrons. The number of hydrogen-bond donors (Lipinski definition) is 3. The van der Waals surface area contributed by atoms with E-state index in [9.17, 15) is 0 Å². The van der Waals surface area contributed by atoms with Gasteiger partial charge in [0.05, 0.1) is 0 Å². The van der Waals surface area contributed by atoms with Gasteiger partial charge in [0.1, 0.15) is 0 Å². The summed E-state index contributed by atoms with van der Waals surface area (Å²) in [5, 5.41) is 14.0. The van der Waals surface area contributed by atoms with E-state index in [-0.39, 0.29) is 0 Å². The highest BCUT2D eigenvalue weighted by atomic mass is 16.5. The molecule has 1 aliphatic rings. The van der Waals surface area contributed by atoms with E-state index in [4.69, 9.17) is 10.1 Å². The molecule has 4 heteroatoms. The van der Waals surface area contributed by atoms with Gasteiger partial charge in [0.25, 0.3) is 0 Å². The Morgan fingerprint density at radius 3 is 2.76 bits per heavy atom. The highest BCUT2D eigenvalue weighted by Gasteiger charge is 2.13. The minimum Gasteiger partial charge on any atom is -0.388 e. The van der Waals surface area contributed by atoms with Crippen LogP contribution in [0.5, 0.6) is 0 Å². The first kappa shape index (κ1) is 11.9. The van der Waals surface area contributed by atoms with E-state index in [0.29, 0.717) is 6.04 Å². The maximum atomic E-state index is 7.39. The average molecular weight is 233 g/mol. The Kier molecular flexibility index (Phi) is 3.98. The number of nitrogens with one attached hydrogen (secondary N) is 3. The van der Waals surface area contributed by atoms with Gasteiger partial charge in [0.2, 0.25) is 0 Å². The second-order valence-corrected chi connectivity index (χ2v) is 4.23. The van der Waals surface area contributed by atoms with Gasteiger partial charge in [-0.05, 0) is 31.0 Å². The van der Waals surface area contributed by atoms with Crippen molar-refractivity contribution in [1.29, 1.82) is 5.41 Å². The summed E-state index contributed by atoms with van der Waals surface area (Å²) >= 11 is 0. The molecule has 1 saturated heterocycles. The Hall–Kier alpha value is -1.55. The number of rotatable bonds is 4. The molecular weight excluding hydrogens is 214 g/mol. The quantitative estimate of drug-likeness (QED) is 0.699. The Morgan fingerprint density at radius 1 is 1.35 bits per heavy atom. The van der Waals surface area contributed by atoms with Gasteiger partial charge >= 0.3 is 0 Å². The van der Waals surface area contributed by atoms with Crippen LogP contribution in [0.2, 0.25) is 0 Å². The van der Waals surface area contributed by atoms with Gasteiger partial charge in [0, 0.05) is 49.5 Å². The summed E-state index contributed by atoms with van der Waals surface area (Å²) in [7, 11) is 1.87. The van der Waals surface area contributed by atoms with Crippen LogP contribution in [-0.4, -0.2) is 32.5 Å². The minimum atomic E-state index is 0.489. The lowest BCUT2D eigenvalue weighted by Gasteiger charge is -2.24. The van der Waals surface area contributed by atoms with Crippen molar-refractivity contribution in [3.05, 3.63) is 23.8 Å². The van der Waals surface area contributed by atoms with Gasteiger partial charge in [-0.3, -0.25) is 0 Å². The van der Waals surface area contributed by atoms with Crippen LogP contribution in [0.1, 0.15) is 18.4 Å². The molecular formula is C13H19N3O. The molecule has 0 amide bonds. The van der Waals surface area contributed by atoms with Crippen LogP contribution < -0.4 is 10.6 Å². The molecule has 92 valence electrons. The van der Waals surface area contributed by atoms with E-state index in [1.54, 1.807) is 0 Å². The van der Waals surface area contributed by atoms with E-state index in [0.717, 1.165) is 43.0 Å². The molecule has 0 aromatic heterocycles. The van der Waals surface area contributed by atoms with E-state index >= 15 is 0 Å². The fourth-order valence-electron chi connectivity index (χ4n) is 2.08. The smallest absolute Gasteiger partial charge is 0.0485 e. The van der Waals surface area contributed by atoms with Crippen LogP contribution >= 0.6 is 0 Å². The zero-order valence-electron chi connectivity index (χ0n) is 10.1. The summed E-state index contributed by atoms with van der Waals surface area (Å²) in [4.78, 5) is 0.